The third-order valence-electron chi connectivity index (χ3n) is 3.75. The van der Waals surface area contributed by atoms with Gasteiger partial charge in [0.25, 0.3) is 0 Å². The first-order chi connectivity index (χ1) is 8.05. The van der Waals surface area contributed by atoms with Gasteiger partial charge in [0.05, 0.1) is 0 Å². The molecule has 0 heteroatoms. The zero-order chi connectivity index (χ0) is 12.7. The maximum Gasteiger partial charge on any atom is -0.00118 e. The quantitative estimate of drug-likeness (QED) is 0.481. The molecule has 0 bridgehead atoms. The summed E-state index contributed by atoms with van der Waals surface area (Å²) < 4.78 is 0. The fraction of sp³-hybridized carbons (Fsp3) is 0.765. The van der Waals surface area contributed by atoms with Crippen LogP contribution in [0.4, 0.5) is 0 Å². The zero-order valence-corrected chi connectivity index (χ0v) is 12.3. The lowest BCUT2D eigenvalue weighted by atomic mass is 9.79. The first-order valence-corrected chi connectivity index (χ1v) is 7.44. The average molecular weight is 234 g/mol. The molecule has 17 heavy (non-hydrogen) atoms. The highest BCUT2D eigenvalue weighted by atomic mass is 14.3. The fourth-order valence-electron chi connectivity index (χ4n) is 2.72. The Balaban J connectivity index is 2.19. The van der Waals surface area contributed by atoms with Crippen molar-refractivity contribution in [3.8, 4) is 0 Å². The molecule has 0 saturated carbocycles. The van der Waals surface area contributed by atoms with Crippen LogP contribution < -0.4 is 0 Å². The topological polar surface area (TPSA) is 0 Å². The van der Waals surface area contributed by atoms with Gasteiger partial charge in [-0.05, 0) is 17.8 Å². The molecule has 1 unspecified atom stereocenters. The van der Waals surface area contributed by atoms with Gasteiger partial charge in [-0.25, -0.2) is 0 Å². The summed E-state index contributed by atoms with van der Waals surface area (Å²) in [5.74, 6) is 0.723. The van der Waals surface area contributed by atoms with Gasteiger partial charge in [-0.15, -0.1) is 0 Å². The zero-order valence-electron chi connectivity index (χ0n) is 12.3. The third kappa shape index (κ3) is 5.10. The van der Waals surface area contributed by atoms with Crippen molar-refractivity contribution in [3.05, 3.63) is 23.8 Å². The minimum Gasteiger partial charge on any atom is -0.0773 e. The average Bonchev–Trinajstić information content (AvgIpc) is 2.71. The van der Waals surface area contributed by atoms with Crippen LogP contribution in [-0.2, 0) is 0 Å². The third-order valence-corrected chi connectivity index (χ3v) is 3.75. The number of allylic oxidation sites excluding steroid dienone is 4. The number of hydrogen-bond donors (Lipinski definition) is 0. The summed E-state index contributed by atoms with van der Waals surface area (Å²) >= 11 is 0. The maximum absolute atomic E-state index is 2.40. The van der Waals surface area contributed by atoms with Crippen LogP contribution in [0.15, 0.2) is 23.8 Å². The van der Waals surface area contributed by atoms with E-state index in [1.807, 2.05) is 0 Å². The minimum absolute atomic E-state index is 0.344. The van der Waals surface area contributed by atoms with Crippen molar-refractivity contribution >= 4 is 0 Å². The van der Waals surface area contributed by atoms with Gasteiger partial charge in [-0.2, -0.15) is 0 Å². The molecule has 0 aromatic carbocycles. The van der Waals surface area contributed by atoms with Crippen LogP contribution in [0.5, 0.6) is 0 Å². The Morgan fingerprint density at radius 3 is 2.29 bits per heavy atom. The molecule has 0 radical (unpaired) electrons. The van der Waals surface area contributed by atoms with E-state index < -0.39 is 0 Å². The predicted octanol–water partition coefficient (Wildman–Crippen LogP) is 5.90. The number of rotatable bonds is 7. The summed E-state index contributed by atoms with van der Waals surface area (Å²) in [7, 11) is 0. The Hall–Kier alpha value is -0.520. The van der Waals surface area contributed by atoms with E-state index in [1.165, 1.54) is 44.9 Å². The molecule has 0 heterocycles. The van der Waals surface area contributed by atoms with Crippen molar-refractivity contribution in [1.29, 1.82) is 0 Å². The van der Waals surface area contributed by atoms with Crippen molar-refractivity contribution in [1.82, 2.24) is 0 Å². The van der Waals surface area contributed by atoms with Crippen LogP contribution >= 0.6 is 0 Å². The maximum atomic E-state index is 2.40. The van der Waals surface area contributed by atoms with Gasteiger partial charge in [0.2, 0.25) is 0 Å². The van der Waals surface area contributed by atoms with Crippen molar-refractivity contribution in [2.75, 3.05) is 0 Å². The Kier molecular flexibility index (Phi) is 6.02. The number of hydrogen-bond acceptors (Lipinski definition) is 0. The van der Waals surface area contributed by atoms with Crippen molar-refractivity contribution in [3.63, 3.8) is 0 Å². The lowest BCUT2D eigenvalue weighted by Gasteiger charge is -2.26. The number of unbranched alkanes of at least 4 members (excludes halogenated alkanes) is 5. The predicted molar refractivity (Wildman–Crippen MR) is 78.2 cm³/mol. The van der Waals surface area contributed by atoms with Crippen LogP contribution in [0.3, 0.4) is 0 Å². The van der Waals surface area contributed by atoms with E-state index in [4.69, 9.17) is 0 Å². The largest absolute Gasteiger partial charge is 0.0773 e. The summed E-state index contributed by atoms with van der Waals surface area (Å²) in [5, 5.41) is 0. The van der Waals surface area contributed by atoms with Gasteiger partial charge in [-0.3, -0.25) is 0 Å². The normalized spacial score (nSPS) is 19.8. The van der Waals surface area contributed by atoms with Crippen LogP contribution in [0.25, 0.3) is 0 Å². The minimum atomic E-state index is 0.344. The van der Waals surface area contributed by atoms with Crippen molar-refractivity contribution in [2.45, 2.75) is 72.6 Å². The second-order valence-electron chi connectivity index (χ2n) is 6.42. The molecule has 0 spiro atoms. The molecule has 0 aromatic heterocycles. The molecule has 0 fully saturated rings. The second-order valence-corrected chi connectivity index (χ2v) is 6.42. The highest BCUT2D eigenvalue weighted by Crippen LogP contribution is 2.37. The van der Waals surface area contributed by atoms with Crippen molar-refractivity contribution < 1.29 is 0 Å². The summed E-state index contributed by atoms with van der Waals surface area (Å²) in [4.78, 5) is 0. The Morgan fingerprint density at radius 1 is 1.00 bits per heavy atom. The smallest absolute Gasteiger partial charge is 0.00118 e. The Labute approximate surface area is 108 Å². The lowest BCUT2D eigenvalue weighted by Crippen LogP contribution is -2.15. The van der Waals surface area contributed by atoms with Gasteiger partial charge in [0.1, 0.15) is 0 Å². The summed E-state index contributed by atoms with van der Waals surface area (Å²) in [6.45, 7) is 9.28. The first-order valence-electron chi connectivity index (χ1n) is 7.44. The molecular weight excluding hydrogens is 204 g/mol. The molecule has 1 aliphatic rings. The highest BCUT2D eigenvalue weighted by Gasteiger charge is 2.24. The molecule has 0 N–H and O–H groups in total. The van der Waals surface area contributed by atoms with Gasteiger partial charge in [0.15, 0.2) is 0 Å². The summed E-state index contributed by atoms with van der Waals surface area (Å²) in [6.07, 6.45) is 16.8. The lowest BCUT2D eigenvalue weighted by molar-refractivity contribution is 0.435. The molecule has 0 nitrogen and oxygen atoms in total. The van der Waals surface area contributed by atoms with Crippen LogP contribution in [0, 0.1) is 11.3 Å². The van der Waals surface area contributed by atoms with Gasteiger partial charge in [0, 0.05) is 0 Å². The van der Waals surface area contributed by atoms with Crippen LogP contribution in [0.2, 0.25) is 0 Å². The molecule has 98 valence electrons. The molecule has 1 atom stereocenters. The molecular formula is C17H30. The Bertz CT molecular complexity index is 262. The molecule has 0 aromatic rings. The molecule has 0 amide bonds. The van der Waals surface area contributed by atoms with Gasteiger partial charge < -0.3 is 0 Å². The van der Waals surface area contributed by atoms with E-state index in [9.17, 15) is 0 Å². The first kappa shape index (κ1) is 14.5. The summed E-state index contributed by atoms with van der Waals surface area (Å²) in [6, 6.07) is 0. The van der Waals surface area contributed by atoms with E-state index in [-0.39, 0.29) is 0 Å². The monoisotopic (exact) mass is 234 g/mol. The molecule has 1 rings (SSSR count). The molecule has 0 aliphatic heterocycles. The van der Waals surface area contributed by atoms with Crippen LogP contribution in [-0.4, -0.2) is 0 Å². The van der Waals surface area contributed by atoms with E-state index >= 15 is 0 Å². The van der Waals surface area contributed by atoms with Gasteiger partial charge >= 0.3 is 0 Å². The summed E-state index contributed by atoms with van der Waals surface area (Å²) in [5.41, 5.74) is 1.97. The Morgan fingerprint density at radius 2 is 1.65 bits per heavy atom. The fourth-order valence-corrected chi connectivity index (χ4v) is 2.72. The van der Waals surface area contributed by atoms with Crippen molar-refractivity contribution in [2.24, 2.45) is 11.3 Å². The van der Waals surface area contributed by atoms with E-state index in [2.05, 4.69) is 45.9 Å². The molecule has 0 saturated heterocycles. The molecule has 1 aliphatic carbocycles. The van der Waals surface area contributed by atoms with E-state index in [1.54, 1.807) is 5.57 Å². The SMILES string of the molecule is CCCCCCCCC1C=CC=C1C(C)(C)C. The van der Waals surface area contributed by atoms with Crippen LogP contribution in [0.1, 0.15) is 72.6 Å². The van der Waals surface area contributed by atoms with Gasteiger partial charge in [-0.1, -0.05) is 90.0 Å². The van der Waals surface area contributed by atoms with E-state index in [0.29, 0.717) is 5.41 Å². The second kappa shape index (κ2) is 7.03. The van der Waals surface area contributed by atoms with E-state index in [0.717, 1.165) is 5.92 Å². The standard InChI is InChI=1S/C17H30/c1-5-6-7-8-9-10-12-15-13-11-14-16(15)17(2,3)4/h11,13-15H,5-10,12H2,1-4H3. The highest BCUT2D eigenvalue weighted by molar-refractivity contribution is 5.31.